The largest absolute Gasteiger partial charge is 0.374 e. The number of aryl methyl sites for hydroxylation is 1. The van der Waals surface area contributed by atoms with Crippen molar-refractivity contribution in [3.63, 3.8) is 0 Å². The first-order chi connectivity index (χ1) is 9.58. The number of morpholine rings is 1. The van der Waals surface area contributed by atoms with Gasteiger partial charge >= 0.3 is 0 Å². The van der Waals surface area contributed by atoms with Gasteiger partial charge in [0, 0.05) is 30.3 Å². The Labute approximate surface area is 136 Å². The molecule has 21 heavy (non-hydrogen) atoms. The first-order valence-corrected chi connectivity index (χ1v) is 7.06. The molecule has 0 bridgehead atoms. The van der Waals surface area contributed by atoms with E-state index in [2.05, 4.69) is 10.2 Å². The summed E-state index contributed by atoms with van der Waals surface area (Å²) in [6, 6.07) is 5.45. The zero-order chi connectivity index (χ0) is 14.5. The normalized spacial score (nSPS) is 18.9. The smallest absolute Gasteiger partial charge is 0.238 e. The van der Waals surface area contributed by atoms with Gasteiger partial charge in [0.2, 0.25) is 5.91 Å². The second-order valence-corrected chi connectivity index (χ2v) is 5.41. The molecule has 1 amide bonds. The van der Waals surface area contributed by atoms with Crippen molar-refractivity contribution in [1.29, 1.82) is 0 Å². The Morgan fingerprint density at radius 3 is 3.05 bits per heavy atom. The van der Waals surface area contributed by atoms with E-state index >= 15 is 0 Å². The molecule has 5 nitrogen and oxygen atoms in total. The third-order valence-corrected chi connectivity index (χ3v) is 3.56. The van der Waals surface area contributed by atoms with Crippen molar-refractivity contribution in [3.05, 3.63) is 28.8 Å². The van der Waals surface area contributed by atoms with Crippen LogP contribution in [-0.4, -0.2) is 49.7 Å². The molecule has 1 aromatic carbocycles. The van der Waals surface area contributed by atoms with E-state index in [-0.39, 0.29) is 24.4 Å². The Morgan fingerprint density at radius 2 is 2.33 bits per heavy atom. The lowest BCUT2D eigenvalue weighted by molar-refractivity contribution is -0.119. The van der Waals surface area contributed by atoms with Crippen molar-refractivity contribution in [3.8, 4) is 0 Å². The van der Waals surface area contributed by atoms with Crippen LogP contribution in [0.15, 0.2) is 18.2 Å². The van der Waals surface area contributed by atoms with Crippen LogP contribution >= 0.6 is 24.0 Å². The SMILES string of the molecule is Cc1ccc(Cl)cc1NC(=O)CN1CCOC(CN)C1.Cl. The number of nitrogens with zero attached hydrogens (tertiary/aromatic N) is 1. The fourth-order valence-corrected chi connectivity index (χ4v) is 2.36. The number of carbonyl (C=O) groups is 1. The number of ether oxygens (including phenoxy) is 1. The number of hydrogen-bond acceptors (Lipinski definition) is 4. The van der Waals surface area contributed by atoms with Gasteiger partial charge in [0.25, 0.3) is 0 Å². The Kier molecular flexibility index (Phi) is 7.42. The molecule has 2 rings (SSSR count). The molecule has 3 N–H and O–H groups in total. The number of rotatable bonds is 4. The molecule has 1 saturated heterocycles. The average molecular weight is 334 g/mol. The second-order valence-electron chi connectivity index (χ2n) is 4.97. The highest BCUT2D eigenvalue weighted by Crippen LogP contribution is 2.20. The van der Waals surface area contributed by atoms with Gasteiger partial charge in [-0.3, -0.25) is 9.69 Å². The Hall–Kier alpha value is -0.850. The van der Waals surface area contributed by atoms with Crippen LogP contribution in [0.4, 0.5) is 5.69 Å². The molecule has 1 fully saturated rings. The standard InChI is InChI=1S/C14H20ClN3O2.ClH/c1-10-2-3-11(15)6-13(10)17-14(19)9-18-4-5-20-12(7-16)8-18;/h2-3,6,12H,4-5,7-9,16H2,1H3,(H,17,19);1H. The van der Waals surface area contributed by atoms with Gasteiger partial charge in [0.15, 0.2) is 0 Å². The molecular formula is C14H21Cl2N3O2. The van der Waals surface area contributed by atoms with E-state index in [1.54, 1.807) is 12.1 Å². The minimum atomic E-state index is -0.0481. The number of hydrogen-bond donors (Lipinski definition) is 2. The maximum atomic E-state index is 12.1. The summed E-state index contributed by atoms with van der Waals surface area (Å²) < 4.78 is 5.48. The van der Waals surface area contributed by atoms with Gasteiger partial charge < -0.3 is 15.8 Å². The highest BCUT2D eigenvalue weighted by atomic mass is 35.5. The highest BCUT2D eigenvalue weighted by Gasteiger charge is 2.21. The number of anilines is 1. The summed E-state index contributed by atoms with van der Waals surface area (Å²) in [4.78, 5) is 14.1. The lowest BCUT2D eigenvalue weighted by Gasteiger charge is -2.31. The fraction of sp³-hybridized carbons (Fsp3) is 0.500. The molecule has 0 radical (unpaired) electrons. The van der Waals surface area contributed by atoms with E-state index < -0.39 is 0 Å². The van der Waals surface area contributed by atoms with E-state index in [9.17, 15) is 4.79 Å². The molecule has 1 aromatic rings. The quantitative estimate of drug-likeness (QED) is 0.879. The molecule has 7 heteroatoms. The van der Waals surface area contributed by atoms with Gasteiger partial charge in [-0.05, 0) is 24.6 Å². The monoisotopic (exact) mass is 333 g/mol. The van der Waals surface area contributed by atoms with E-state index in [1.165, 1.54) is 0 Å². The minimum Gasteiger partial charge on any atom is -0.374 e. The number of benzene rings is 1. The summed E-state index contributed by atoms with van der Waals surface area (Å²) in [5.74, 6) is -0.0481. The summed E-state index contributed by atoms with van der Waals surface area (Å²) in [5, 5.41) is 3.51. The van der Waals surface area contributed by atoms with E-state index in [0.717, 1.165) is 17.8 Å². The molecule has 1 aliphatic heterocycles. The van der Waals surface area contributed by atoms with E-state index in [1.807, 2.05) is 13.0 Å². The van der Waals surface area contributed by atoms with Crippen LogP contribution in [0.1, 0.15) is 5.56 Å². The van der Waals surface area contributed by atoms with E-state index in [4.69, 9.17) is 22.1 Å². The molecule has 118 valence electrons. The Morgan fingerprint density at radius 1 is 1.57 bits per heavy atom. The van der Waals surface area contributed by atoms with Crippen molar-refractivity contribution < 1.29 is 9.53 Å². The maximum Gasteiger partial charge on any atom is 0.238 e. The second kappa shape index (κ2) is 8.56. The van der Waals surface area contributed by atoms with Crippen LogP contribution in [0, 0.1) is 6.92 Å². The van der Waals surface area contributed by atoms with E-state index in [0.29, 0.717) is 31.3 Å². The minimum absolute atomic E-state index is 0. The van der Waals surface area contributed by atoms with Gasteiger partial charge in [0.1, 0.15) is 0 Å². The third kappa shape index (κ3) is 5.45. The van der Waals surface area contributed by atoms with Crippen molar-refractivity contribution in [2.75, 3.05) is 38.1 Å². The molecule has 1 atom stereocenters. The summed E-state index contributed by atoms with van der Waals surface area (Å²) >= 11 is 5.94. The lowest BCUT2D eigenvalue weighted by atomic mass is 10.2. The molecule has 0 saturated carbocycles. The van der Waals surface area contributed by atoms with Crippen LogP contribution in [0.3, 0.4) is 0 Å². The molecule has 1 unspecified atom stereocenters. The van der Waals surface area contributed by atoms with Gasteiger partial charge in [0.05, 0.1) is 19.3 Å². The van der Waals surface area contributed by atoms with Crippen LogP contribution < -0.4 is 11.1 Å². The fourth-order valence-electron chi connectivity index (χ4n) is 2.19. The average Bonchev–Trinajstić information content (AvgIpc) is 2.43. The molecule has 0 spiro atoms. The van der Waals surface area contributed by atoms with Crippen molar-refractivity contribution in [2.45, 2.75) is 13.0 Å². The number of amides is 1. The van der Waals surface area contributed by atoms with Crippen molar-refractivity contribution in [1.82, 2.24) is 4.90 Å². The van der Waals surface area contributed by atoms with Crippen LogP contribution in [0.25, 0.3) is 0 Å². The van der Waals surface area contributed by atoms with Gasteiger partial charge in [-0.15, -0.1) is 12.4 Å². The third-order valence-electron chi connectivity index (χ3n) is 3.33. The van der Waals surface area contributed by atoms with Crippen LogP contribution in [0.5, 0.6) is 0 Å². The van der Waals surface area contributed by atoms with Gasteiger partial charge in [-0.2, -0.15) is 0 Å². The highest BCUT2D eigenvalue weighted by molar-refractivity contribution is 6.31. The Bertz CT molecular complexity index is 485. The van der Waals surface area contributed by atoms with Crippen molar-refractivity contribution >= 4 is 35.6 Å². The molecular weight excluding hydrogens is 313 g/mol. The first-order valence-electron chi connectivity index (χ1n) is 6.68. The number of carbonyl (C=O) groups excluding carboxylic acids is 1. The van der Waals surface area contributed by atoms with Crippen LogP contribution in [-0.2, 0) is 9.53 Å². The summed E-state index contributed by atoms with van der Waals surface area (Å²) in [6.07, 6.45) is 0.0180. The summed E-state index contributed by atoms with van der Waals surface area (Å²) in [6.45, 7) is 4.81. The van der Waals surface area contributed by atoms with Gasteiger partial charge in [-0.1, -0.05) is 17.7 Å². The van der Waals surface area contributed by atoms with Gasteiger partial charge in [-0.25, -0.2) is 0 Å². The number of halogens is 2. The molecule has 0 aromatic heterocycles. The number of nitrogens with two attached hydrogens (primary N) is 1. The topological polar surface area (TPSA) is 67.6 Å². The molecule has 0 aliphatic carbocycles. The predicted octanol–water partition coefficient (Wildman–Crippen LogP) is 1.67. The Balaban J connectivity index is 0.00000220. The zero-order valence-corrected chi connectivity index (χ0v) is 13.5. The molecule has 1 heterocycles. The lowest BCUT2D eigenvalue weighted by Crippen LogP contribution is -2.48. The summed E-state index contributed by atoms with van der Waals surface area (Å²) in [5.41, 5.74) is 7.34. The zero-order valence-electron chi connectivity index (χ0n) is 12.0. The van der Waals surface area contributed by atoms with Crippen molar-refractivity contribution in [2.24, 2.45) is 5.73 Å². The number of nitrogens with one attached hydrogen (secondary N) is 1. The first kappa shape index (κ1) is 18.2. The van der Waals surface area contributed by atoms with Crippen LogP contribution in [0.2, 0.25) is 5.02 Å². The summed E-state index contributed by atoms with van der Waals surface area (Å²) in [7, 11) is 0. The molecule has 1 aliphatic rings. The maximum absolute atomic E-state index is 12.1. The predicted molar refractivity (Wildman–Crippen MR) is 87.3 cm³/mol.